The highest BCUT2D eigenvalue weighted by Crippen LogP contribution is 2.48. The first-order chi connectivity index (χ1) is 12.6. The average molecular weight is 491 g/mol. The molecule has 7 heteroatoms. The molecule has 2 unspecified atom stereocenters. The van der Waals surface area contributed by atoms with Gasteiger partial charge in [0.2, 0.25) is 0 Å². The van der Waals surface area contributed by atoms with Crippen LogP contribution < -0.4 is 10.6 Å². The van der Waals surface area contributed by atoms with E-state index in [9.17, 15) is 4.39 Å². The Morgan fingerprint density at radius 3 is 2.89 bits per heavy atom. The molecule has 1 saturated heterocycles. The van der Waals surface area contributed by atoms with Crippen LogP contribution in [-0.4, -0.2) is 51.0 Å². The molecule has 2 fully saturated rings. The van der Waals surface area contributed by atoms with Crippen LogP contribution in [0.4, 0.5) is 4.39 Å². The first kappa shape index (κ1) is 22.4. The highest BCUT2D eigenvalue weighted by Gasteiger charge is 2.44. The number of hydrogen-bond acceptors (Lipinski definition) is 3. The van der Waals surface area contributed by atoms with E-state index in [1.807, 2.05) is 13.0 Å². The van der Waals surface area contributed by atoms with Crippen molar-refractivity contribution in [2.45, 2.75) is 50.7 Å². The number of ether oxygens (including phenoxy) is 2. The lowest BCUT2D eigenvalue weighted by Gasteiger charge is -2.21. The average Bonchev–Trinajstić information content (AvgIpc) is 3.24. The Hall–Kier alpha value is -0.930. The molecule has 3 rings (SSSR count). The fourth-order valence-corrected chi connectivity index (χ4v) is 3.26. The Balaban J connectivity index is 0.00000261. The Labute approximate surface area is 178 Å². The molecule has 0 radical (unpaired) electrons. The standard InChI is InChI=1S/C20H30FN3O2.HI/c1-3-22-19(24-15(2)12-26-18-7-10-25-13-18)23-14-20(8-9-20)16-5-4-6-17(21)11-16;/h4-6,11,15,18H,3,7-10,12-14H2,1-2H3,(H2,22,23,24);1H. The van der Waals surface area contributed by atoms with Crippen LogP contribution in [0.25, 0.3) is 0 Å². The number of rotatable bonds is 8. The highest BCUT2D eigenvalue weighted by atomic mass is 127. The van der Waals surface area contributed by atoms with Crippen LogP contribution in [-0.2, 0) is 14.9 Å². The summed E-state index contributed by atoms with van der Waals surface area (Å²) in [5, 5.41) is 6.69. The van der Waals surface area contributed by atoms with Crippen molar-refractivity contribution >= 4 is 29.9 Å². The summed E-state index contributed by atoms with van der Waals surface area (Å²) < 4.78 is 24.8. The SMILES string of the molecule is CCNC(=NCC1(c2cccc(F)c2)CC1)NC(C)COC1CCOC1.I. The van der Waals surface area contributed by atoms with Crippen molar-refractivity contribution < 1.29 is 13.9 Å². The van der Waals surface area contributed by atoms with Crippen molar-refractivity contribution in [2.75, 3.05) is 32.9 Å². The third-order valence-corrected chi connectivity index (χ3v) is 5.03. The second-order valence-electron chi connectivity index (χ2n) is 7.35. The summed E-state index contributed by atoms with van der Waals surface area (Å²) in [6, 6.07) is 7.07. The molecular formula is C20H31FIN3O2. The number of benzene rings is 1. The predicted molar refractivity (Wildman–Crippen MR) is 116 cm³/mol. The van der Waals surface area contributed by atoms with Crippen molar-refractivity contribution in [3.8, 4) is 0 Å². The third-order valence-electron chi connectivity index (χ3n) is 5.03. The second-order valence-corrected chi connectivity index (χ2v) is 7.35. The molecule has 5 nitrogen and oxygen atoms in total. The second kappa shape index (κ2) is 10.6. The van der Waals surface area contributed by atoms with Gasteiger partial charge in [-0.3, -0.25) is 4.99 Å². The molecular weight excluding hydrogens is 460 g/mol. The topological polar surface area (TPSA) is 54.9 Å². The number of guanidine groups is 1. The van der Waals surface area contributed by atoms with Gasteiger partial charge in [-0.05, 0) is 50.8 Å². The van der Waals surface area contributed by atoms with Gasteiger partial charge in [-0.15, -0.1) is 24.0 Å². The van der Waals surface area contributed by atoms with Gasteiger partial charge in [0, 0.05) is 24.6 Å². The molecule has 27 heavy (non-hydrogen) atoms. The fraction of sp³-hybridized carbons (Fsp3) is 0.650. The lowest BCUT2D eigenvalue weighted by Crippen LogP contribution is -2.45. The summed E-state index contributed by atoms with van der Waals surface area (Å²) in [4.78, 5) is 4.77. The van der Waals surface area contributed by atoms with E-state index in [0.29, 0.717) is 19.8 Å². The molecule has 0 amide bonds. The molecule has 1 aliphatic carbocycles. The Morgan fingerprint density at radius 1 is 1.44 bits per heavy atom. The van der Waals surface area contributed by atoms with Crippen LogP contribution in [0.15, 0.2) is 29.3 Å². The molecule has 0 bridgehead atoms. The number of halogens is 2. The molecule has 2 N–H and O–H groups in total. The van der Waals surface area contributed by atoms with Gasteiger partial charge in [0.1, 0.15) is 5.82 Å². The highest BCUT2D eigenvalue weighted by molar-refractivity contribution is 14.0. The van der Waals surface area contributed by atoms with Crippen LogP contribution in [0.5, 0.6) is 0 Å². The van der Waals surface area contributed by atoms with Gasteiger partial charge in [-0.1, -0.05) is 12.1 Å². The van der Waals surface area contributed by atoms with Crippen LogP contribution >= 0.6 is 24.0 Å². The molecule has 1 saturated carbocycles. The van der Waals surface area contributed by atoms with Gasteiger partial charge in [-0.25, -0.2) is 4.39 Å². The van der Waals surface area contributed by atoms with E-state index in [2.05, 4.69) is 17.6 Å². The number of hydrogen-bond donors (Lipinski definition) is 2. The van der Waals surface area contributed by atoms with Crippen LogP contribution in [0.1, 0.15) is 38.7 Å². The number of aliphatic imine (C=N–C) groups is 1. The predicted octanol–water partition coefficient (Wildman–Crippen LogP) is 3.22. The van der Waals surface area contributed by atoms with Crippen molar-refractivity contribution in [3.05, 3.63) is 35.6 Å². The van der Waals surface area contributed by atoms with Crippen LogP contribution in [0.3, 0.4) is 0 Å². The zero-order valence-corrected chi connectivity index (χ0v) is 18.5. The minimum absolute atomic E-state index is 0. The number of nitrogens with one attached hydrogen (secondary N) is 2. The van der Waals surface area contributed by atoms with Gasteiger partial charge in [0.15, 0.2) is 5.96 Å². The molecule has 2 atom stereocenters. The summed E-state index contributed by atoms with van der Waals surface area (Å²) in [6.45, 7) is 7.69. The van der Waals surface area contributed by atoms with Crippen LogP contribution in [0, 0.1) is 5.82 Å². The molecule has 2 aliphatic rings. The monoisotopic (exact) mass is 491 g/mol. The van der Waals surface area contributed by atoms with E-state index in [1.54, 1.807) is 12.1 Å². The molecule has 1 aromatic rings. The van der Waals surface area contributed by atoms with E-state index >= 15 is 0 Å². The first-order valence-electron chi connectivity index (χ1n) is 9.61. The van der Waals surface area contributed by atoms with Gasteiger partial charge >= 0.3 is 0 Å². The van der Waals surface area contributed by atoms with Gasteiger partial charge < -0.3 is 20.1 Å². The van der Waals surface area contributed by atoms with E-state index < -0.39 is 0 Å². The maximum atomic E-state index is 13.5. The molecule has 152 valence electrons. The molecule has 0 spiro atoms. The van der Waals surface area contributed by atoms with E-state index in [0.717, 1.165) is 43.9 Å². The first-order valence-corrected chi connectivity index (χ1v) is 9.61. The molecule has 0 aromatic heterocycles. The molecule has 1 aromatic carbocycles. The van der Waals surface area contributed by atoms with Crippen molar-refractivity contribution in [3.63, 3.8) is 0 Å². The molecule has 1 aliphatic heterocycles. The van der Waals surface area contributed by atoms with E-state index in [4.69, 9.17) is 14.5 Å². The van der Waals surface area contributed by atoms with E-state index in [-0.39, 0.29) is 47.4 Å². The van der Waals surface area contributed by atoms with Crippen molar-refractivity contribution in [2.24, 2.45) is 4.99 Å². The summed E-state index contributed by atoms with van der Waals surface area (Å²) >= 11 is 0. The van der Waals surface area contributed by atoms with Crippen LogP contribution in [0.2, 0.25) is 0 Å². The summed E-state index contributed by atoms with van der Waals surface area (Å²) in [7, 11) is 0. The summed E-state index contributed by atoms with van der Waals surface area (Å²) in [6.07, 6.45) is 3.29. The third kappa shape index (κ3) is 6.57. The zero-order chi connectivity index (χ0) is 18.4. The van der Waals surface area contributed by atoms with E-state index in [1.165, 1.54) is 6.07 Å². The lowest BCUT2D eigenvalue weighted by molar-refractivity contribution is 0.0347. The van der Waals surface area contributed by atoms with Gasteiger partial charge in [-0.2, -0.15) is 0 Å². The summed E-state index contributed by atoms with van der Waals surface area (Å²) in [5.41, 5.74) is 1.04. The zero-order valence-electron chi connectivity index (χ0n) is 16.2. The van der Waals surface area contributed by atoms with Gasteiger partial charge in [0.05, 0.1) is 25.9 Å². The Kier molecular flexibility index (Phi) is 8.75. The smallest absolute Gasteiger partial charge is 0.191 e. The fourth-order valence-electron chi connectivity index (χ4n) is 3.26. The normalized spacial score (nSPS) is 22.0. The maximum Gasteiger partial charge on any atom is 0.191 e. The largest absolute Gasteiger partial charge is 0.379 e. The minimum atomic E-state index is -0.176. The van der Waals surface area contributed by atoms with Gasteiger partial charge in [0.25, 0.3) is 0 Å². The Morgan fingerprint density at radius 2 is 2.26 bits per heavy atom. The quantitative estimate of drug-likeness (QED) is 0.333. The lowest BCUT2D eigenvalue weighted by atomic mass is 9.96. The summed E-state index contributed by atoms with van der Waals surface area (Å²) in [5.74, 6) is 0.610. The minimum Gasteiger partial charge on any atom is -0.379 e. The van der Waals surface area contributed by atoms with Crippen molar-refractivity contribution in [1.82, 2.24) is 10.6 Å². The van der Waals surface area contributed by atoms with Crippen molar-refractivity contribution in [1.29, 1.82) is 0 Å². The maximum absolute atomic E-state index is 13.5. The number of nitrogens with zero attached hydrogens (tertiary/aromatic N) is 1. The Bertz CT molecular complexity index is 619. The molecule has 1 heterocycles.